The van der Waals surface area contributed by atoms with Gasteiger partial charge in [-0.2, -0.15) is 0 Å². The van der Waals surface area contributed by atoms with Gasteiger partial charge in [0.05, 0.1) is 25.4 Å². The number of hydrogen-bond donors (Lipinski definition) is 1. The van der Waals surface area contributed by atoms with E-state index in [4.69, 9.17) is 9.47 Å². The number of aliphatic hydroxyl groups is 1. The van der Waals surface area contributed by atoms with Crippen LogP contribution in [0.3, 0.4) is 0 Å². The van der Waals surface area contributed by atoms with Crippen molar-refractivity contribution in [3.8, 4) is 0 Å². The minimum absolute atomic E-state index is 0.270. The summed E-state index contributed by atoms with van der Waals surface area (Å²) >= 11 is 0. The number of aryl methyl sites for hydroxylation is 1. The van der Waals surface area contributed by atoms with Crippen LogP contribution < -0.4 is 0 Å². The van der Waals surface area contributed by atoms with Gasteiger partial charge >= 0.3 is 0 Å². The van der Waals surface area contributed by atoms with E-state index in [1.807, 2.05) is 30.3 Å². The van der Waals surface area contributed by atoms with Gasteiger partial charge in [0, 0.05) is 26.2 Å². The molecule has 0 spiro atoms. The Bertz CT molecular complexity index is 670. The Morgan fingerprint density at radius 1 is 1.15 bits per heavy atom. The number of rotatable bonds is 10. The molecule has 1 aliphatic heterocycles. The molecule has 4 heteroatoms. The lowest BCUT2D eigenvalue weighted by Crippen LogP contribution is -2.39. The summed E-state index contributed by atoms with van der Waals surface area (Å²) < 4.78 is 11.5. The molecule has 2 aromatic carbocycles. The van der Waals surface area contributed by atoms with E-state index in [-0.39, 0.29) is 6.10 Å². The molecule has 146 valence electrons. The highest BCUT2D eigenvalue weighted by molar-refractivity contribution is 5.25. The minimum Gasteiger partial charge on any atom is -0.389 e. The highest BCUT2D eigenvalue weighted by Gasteiger charge is 2.21. The van der Waals surface area contributed by atoms with Crippen LogP contribution >= 0.6 is 0 Å². The molecule has 4 nitrogen and oxygen atoms in total. The van der Waals surface area contributed by atoms with Crippen LogP contribution in [0.15, 0.2) is 54.6 Å². The molecule has 0 radical (unpaired) electrons. The fraction of sp³-hybridized carbons (Fsp3) is 0.478. The Morgan fingerprint density at radius 3 is 2.67 bits per heavy atom. The molecule has 0 unspecified atom stereocenters. The number of benzene rings is 2. The van der Waals surface area contributed by atoms with Crippen LogP contribution in [0, 0.1) is 6.92 Å². The van der Waals surface area contributed by atoms with Crippen LogP contribution in [0.2, 0.25) is 0 Å². The fourth-order valence-electron chi connectivity index (χ4n) is 3.55. The van der Waals surface area contributed by atoms with E-state index in [1.54, 1.807) is 0 Å². The Kier molecular flexibility index (Phi) is 7.84. The van der Waals surface area contributed by atoms with Crippen LogP contribution in [0.25, 0.3) is 0 Å². The Hall–Kier alpha value is -1.72. The smallest absolute Gasteiger partial charge is 0.0900 e. The number of hydrogen-bond acceptors (Lipinski definition) is 4. The van der Waals surface area contributed by atoms with E-state index in [0.29, 0.717) is 19.8 Å². The van der Waals surface area contributed by atoms with Gasteiger partial charge in [-0.3, -0.25) is 4.90 Å². The Labute approximate surface area is 162 Å². The summed E-state index contributed by atoms with van der Waals surface area (Å²) in [5, 5.41) is 10.5. The molecule has 1 saturated heterocycles. The van der Waals surface area contributed by atoms with Crippen molar-refractivity contribution in [1.82, 2.24) is 4.90 Å². The lowest BCUT2D eigenvalue weighted by atomic mass is 10.1. The molecule has 0 saturated carbocycles. The Balaban J connectivity index is 1.52. The topological polar surface area (TPSA) is 41.9 Å². The van der Waals surface area contributed by atoms with Crippen LogP contribution in [0.4, 0.5) is 0 Å². The Morgan fingerprint density at radius 2 is 1.93 bits per heavy atom. The van der Waals surface area contributed by atoms with Crippen molar-refractivity contribution in [3.05, 3.63) is 71.3 Å². The summed E-state index contributed by atoms with van der Waals surface area (Å²) in [6.07, 6.45) is 1.99. The third kappa shape index (κ3) is 6.74. The lowest BCUT2D eigenvalue weighted by Gasteiger charge is -2.28. The van der Waals surface area contributed by atoms with E-state index >= 15 is 0 Å². The summed E-state index contributed by atoms with van der Waals surface area (Å²) in [6.45, 7) is 6.12. The van der Waals surface area contributed by atoms with Crippen LogP contribution in [0.5, 0.6) is 0 Å². The highest BCUT2D eigenvalue weighted by atomic mass is 16.5. The first-order valence-corrected chi connectivity index (χ1v) is 9.89. The van der Waals surface area contributed by atoms with Gasteiger partial charge in [-0.05, 0) is 36.5 Å². The van der Waals surface area contributed by atoms with Gasteiger partial charge < -0.3 is 14.6 Å². The van der Waals surface area contributed by atoms with E-state index in [1.165, 1.54) is 11.1 Å². The first-order chi connectivity index (χ1) is 13.2. The van der Waals surface area contributed by atoms with E-state index in [9.17, 15) is 5.11 Å². The third-order valence-electron chi connectivity index (χ3n) is 5.03. The molecule has 1 N–H and O–H groups in total. The molecule has 1 fully saturated rings. The van der Waals surface area contributed by atoms with Gasteiger partial charge in [-0.1, -0.05) is 54.6 Å². The zero-order chi connectivity index (χ0) is 18.9. The van der Waals surface area contributed by atoms with Gasteiger partial charge in [0.15, 0.2) is 0 Å². The molecule has 1 heterocycles. The van der Waals surface area contributed by atoms with Gasteiger partial charge in [0.25, 0.3) is 0 Å². The zero-order valence-electron chi connectivity index (χ0n) is 16.2. The highest BCUT2D eigenvalue weighted by Crippen LogP contribution is 2.17. The predicted molar refractivity (Wildman–Crippen MR) is 108 cm³/mol. The summed E-state index contributed by atoms with van der Waals surface area (Å²) in [5.74, 6) is 0. The second-order valence-corrected chi connectivity index (χ2v) is 7.41. The molecule has 0 aromatic heterocycles. The summed E-state index contributed by atoms with van der Waals surface area (Å²) in [5.41, 5.74) is 3.71. The van der Waals surface area contributed by atoms with Crippen molar-refractivity contribution in [1.29, 1.82) is 0 Å². The monoisotopic (exact) mass is 369 g/mol. The van der Waals surface area contributed by atoms with Crippen molar-refractivity contribution in [3.63, 3.8) is 0 Å². The number of nitrogens with zero attached hydrogens (tertiary/aromatic N) is 1. The fourth-order valence-corrected chi connectivity index (χ4v) is 3.55. The van der Waals surface area contributed by atoms with E-state index in [2.05, 4.69) is 36.1 Å². The number of aliphatic hydroxyl groups excluding tert-OH is 1. The predicted octanol–water partition coefficient (Wildman–Crippen LogP) is 3.55. The first kappa shape index (κ1) is 20.0. The molecule has 3 rings (SSSR count). The van der Waals surface area contributed by atoms with Crippen molar-refractivity contribution in [2.45, 2.75) is 45.1 Å². The summed E-state index contributed by atoms with van der Waals surface area (Å²) in [6, 6.07) is 18.5. The maximum absolute atomic E-state index is 10.5. The maximum atomic E-state index is 10.5. The molecule has 2 aromatic rings. The maximum Gasteiger partial charge on any atom is 0.0900 e. The minimum atomic E-state index is -0.515. The van der Waals surface area contributed by atoms with Gasteiger partial charge in [0.2, 0.25) is 0 Å². The molecule has 0 bridgehead atoms. The van der Waals surface area contributed by atoms with Crippen molar-refractivity contribution in [2.75, 3.05) is 26.3 Å². The third-order valence-corrected chi connectivity index (χ3v) is 5.03. The van der Waals surface area contributed by atoms with Gasteiger partial charge in [-0.15, -0.1) is 0 Å². The largest absolute Gasteiger partial charge is 0.389 e. The van der Waals surface area contributed by atoms with Crippen molar-refractivity contribution < 1.29 is 14.6 Å². The number of ether oxygens (including phenoxy) is 2. The van der Waals surface area contributed by atoms with Crippen LogP contribution in [-0.2, 0) is 22.6 Å². The second kappa shape index (κ2) is 10.6. The average Bonchev–Trinajstić information content (AvgIpc) is 3.17. The molecular weight excluding hydrogens is 338 g/mol. The van der Waals surface area contributed by atoms with E-state index in [0.717, 1.165) is 38.1 Å². The molecule has 0 aliphatic carbocycles. The molecule has 2 atom stereocenters. The molecule has 1 aliphatic rings. The van der Waals surface area contributed by atoms with E-state index < -0.39 is 6.10 Å². The van der Waals surface area contributed by atoms with Crippen molar-refractivity contribution in [2.24, 2.45) is 0 Å². The van der Waals surface area contributed by atoms with Crippen LogP contribution in [-0.4, -0.2) is 48.5 Å². The zero-order valence-corrected chi connectivity index (χ0v) is 16.2. The van der Waals surface area contributed by atoms with Crippen LogP contribution in [0.1, 0.15) is 29.5 Å². The average molecular weight is 370 g/mol. The second-order valence-electron chi connectivity index (χ2n) is 7.41. The van der Waals surface area contributed by atoms with Crippen molar-refractivity contribution >= 4 is 0 Å². The van der Waals surface area contributed by atoms with Gasteiger partial charge in [-0.25, -0.2) is 0 Å². The molecular formula is C23H31NO3. The van der Waals surface area contributed by atoms with Gasteiger partial charge in [0.1, 0.15) is 0 Å². The first-order valence-electron chi connectivity index (χ1n) is 9.89. The molecule has 0 amide bonds. The SMILES string of the molecule is Cc1ccccc1CN(C[C@@H](O)COCc1ccccc1)C[C@@H]1CCCO1. The lowest BCUT2D eigenvalue weighted by molar-refractivity contribution is -0.00291. The summed E-state index contributed by atoms with van der Waals surface area (Å²) in [7, 11) is 0. The normalized spacial score (nSPS) is 18.1. The standard InChI is InChI=1S/C23H31NO3/c1-19-8-5-6-11-21(19)14-24(16-23-12-7-13-27-23)15-22(25)18-26-17-20-9-3-2-4-10-20/h2-6,8-11,22-23,25H,7,12-18H2,1H3/t22-,23+/m1/s1. The summed E-state index contributed by atoms with van der Waals surface area (Å²) in [4.78, 5) is 2.30. The quantitative estimate of drug-likeness (QED) is 0.695. The molecule has 27 heavy (non-hydrogen) atoms.